The second kappa shape index (κ2) is 4.67. The number of amides is 1. The molecule has 0 aromatic heterocycles. The third-order valence-corrected chi connectivity index (χ3v) is 1.55. The van der Waals surface area contributed by atoms with Gasteiger partial charge in [-0.25, -0.2) is 4.99 Å². The van der Waals surface area contributed by atoms with Crippen molar-refractivity contribution in [2.75, 3.05) is 0 Å². The number of ketones is 1. The van der Waals surface area contributed by atoms with Gasteiger partial charge in [0.2, 0.25) is 12.2 Å². The van der Waals surface area contributed by atoms with Crippen LogP contribution in [0, 0.1) is 11.3 Å². The highest BCUT2D eigenvalue weighted by Crippen LogP contribution is 2.03. The molecule has 0 N–H and O–H groups in total. The molecule has 1 rings (SSSR count). The standard InChI is InChI=1S/C10H6N2O2/c11-5-8-1-3-9(4-2-8)10(14)6-12-7-13/h1-4,6-7H. The minimum atomic E-state index is -0.360. The molecule has 1 amide bonds. The van der Waals surface area contributed by atoms with Crippen molar-refractivity contribution in [1.29, 1.82) is 5.26 Å². The zero-order chi connectivity index (χ0) is 10.4. The van der Waals surface area contributed by atoms with Crippen LogP contribution in [0.2, 0.25) is 0 Å². The van der Waals surface area contributed by atoms with Crippen molar-refractivity contribution in [3.05, 3.63) is 35.4 Å². The van der Waals surface area contributed by atoms with Crippen molar-refractivity contribution in [2.45, 2.75) is 0 Å². The summed E-state index contributed by atoms with van der Waals surface area (Å²) >= 11 is 0. The number of carbonyl (C=O) groups is 2. The van der Waals surface area contributed by atoms with Crippen LogP contribution >= 0.6 is 0 Å². The summed E-state index contributed by atoms with van der Waals surface area (Å²) in [6.45, 7) is 0. The number of aliphatic imine (C=N–C) groups is 1. The molecule has 1 aromatic carbocycles. The lowest BCUT2D eigenvalue weighted by Gasteiger charge is -1.93. The van der Waals surface area contributed by atoms with Crippen LogP contribution in [0.15, 0.2) is 29.3 Å². The molecular formula is C10H6N2O2. The third-order valence-electron chi connectivity index (χ3n) is 1.55. The smallest absolute Gasteiger partial charge is 0.232 e. The van der Waals surface area contributed by atoms with E-state index in [2.05, 4.69) is 4.99 Å². The monoisotopic (exact) mass is 186 g/mol. The summed E-state index contributed by atoms with van der Waals surface area (Å²) in [6, 6.07) is 8.02. The quantitative estimate of drug-likeness (QED) is 0.401. The second-order valence-corrected chi connectivity index (χ2v) is 2.44. The van der Waals surface area contributed by atoms with E-state index in [0.717, 1.165) is 6.21 Å². The fourth-order valence-corrected chi connectivity index (χ4v) is 0.882. The van der Waals surface area contributed by atoms with Crippen molar-refractivity contribution in [3.8, 4) is 6.07 Å². The predicted molar refractivity (Wildman–Crippen MR) is 50.0 cm³/mol. The molecule has 0 aliphatic rings. The molecule has 0 saturated heterocycles. The molecule has 0 heterocycles. The highest BCUT2D eigenvalue weighted by Gasteiger charge is 2.01. The first-order valence-electron chi connectivity index (χ1n) is 3.79. The van der Waals surface area contributed by atoms with E-state index in [4.69, 9.17) is 5.26 Å². The molecule has 68 valence electrons. The summed E-state index contributed by atoms with van der Waals surface area (Å²) in [5.41, 5.74) is 0.878. The summed E-state index contributed by atoms with van der Waals surface area (Å²) in [5, 5.41) is 8.50. The van der Waals surface area contributed by atoms with E-state index in [9.17, 15) is 9.59 Å². The fraction of sp³-hybridized carbons (Fsp3) is 0. The van der Waals surface area contributed by atoms with E-state index < -0.39 is 0 Å². The molecule has 0 bridgehead atoms. The Hall–Kier alpha value is -2.28. The molecule has 1 aromatic rings. The van der Waals surface area contributed by atoms with Gasteiger partial charge >= 0.3 is 0 Å². The third kappa shape index (κ3) is 2.35. The molecule has 0 fully saturated rings. The van der Waals surface area contributed by atoms with Gasteiger partial charge in [-0.3, -0.25) is 9.59 Å². The molecule has 0 aliphatic carbocycles. The van der Waals surface area contributed by atoms with Crippen LogP contribution in [-0.2, 0) is 4.79 Å². The highest BCUT2D eigenvalue weighted by molar-refractivity contribution is 6.36. The van der Waals surface area contributed by atoms with E-state index in [-0.39, 0.29) is 5.78 Å². The van der Waals surface area contributed by atoms with Crippen LogP contribution in [0.4, 0.5) is 0 Å². The Morgan fingerprint density at radius 1 is 1.36 bits per heavy atom. The maximum atomic E-state index is 11.2. The van der Waals surface area contributed by atoms with Gasteiger partial charge in [0.15, 0.2) is 0 Å². The average molecular weight is 186 g/mol. The SMILES string of the molecule is N#Cc1ccc(C(=O)C=NC=O)cc1. The Morgan fingerprint density at radius 3 is 2.50 bits per heavy atom. The number of Topliss-reactive ketones (excluding diaryl/α,β-unsaturated/α-hetero) is 1. The summed E-state index contributed by atoms with van der Waals surface area (Å²) < 4.78 is 0. The van der Waals surface area contributed by atoms with Crippen LogP contribution in [0.3, 0.4) is 0 Å². The van der Waals surface area contributed by atoms with Crippen molar-refractivity contribution >= 4 is 18.4 Å². The Balaban J connectivity index is 2.88. The number of benzene rings is 1. The molecule has 0 saturated carbocycles. The Morgan fingerprint density at radius 2 is 2.00 bits per heavy atom. The van der Waals surface area contributed by atoms with E-state index >= 15 is 0 Å². The number of nitriles is 1. The minimum absolute atomic E-state index is 0.293. The van der Waals surface area contributed by atoms with Gasteiger partial charge in [-0.15, -0.1) is 0 Å². The first kappa shape index (κ1) is 9.81. The van der Waals surface area contributed by atoms with Crippen molar-refractivity contribution in [2.24, 2.45) is 4.99 Å². The number of rotatable bonds is 3. The lowest BCUT2D eigenvalue weighted by atomic mass is 10.1. The molecular weight excluding hydrogens is 180 g/mol. The lowest BCUT2D eigenvalue weighted by molar-refractivity contribution is -0.106. The maximum absolute atomic E-state index is 11.2. The van der Waals surface area contributed by atoms with Crippen LogP contribution < -0.4 is 0 Å². The lowest BCUT2D eigenvalue weighted by Crippen LogP contribution is -1.99. The topological polar surface area (TPSA) is 70.3 Å². The predicted octanol–water partition coefficient (Wildman–Crippen LogP) is 0.968. The normalized spacial score (nSPS) is 9.64. The Bertz CT molecular complexity index is 413. The second-order valence-electron chi connectivity index (χ2n) is 2.44. The first-order chi connectivity index (χ1) is 6.77. The minimum Gasteiger partial charge on any atom is -0.288 e. The first-order valence-corrected chi connectivity index (χ1v) is 3.79. The van der Waals surface area contributed by atoms with Gasteiger partial charge < -0.3 is 0 Å². The largest absolute Gasteiger partial charge is 0.288 e. The van der Waals surface area contributed by atoms with Crippen molar-refractivity contribution in [1.82, 2.24) is 0 Å². The summed E-state index contributed by atoms with van der Waals surface area (Å²) in [7, 11) is 0. The Labute approximate surface area is 80.5 Å². The zero-order valence-corrected chi connectivity index (χ0v) is 7.18. The molecule has 0 radical (unpaired) electrons. The molecule has 0 aliphatic heterocycles. The van der Waals surface area contributed by atoms with Gasteiger partial charge in [0.05, 0.1) is 17.8 Å². The summed E-state index contributed by atoms with van der Waals surface area (Å²) in [4.78, 5) is 24.2. The highest BCUT2D eigenvalue weighted by atomic mass is 16.1. The molecule has 0 unspecified atom stereocenters. The van der Waals surface area contributed by atoms with Crippen LogP contribution in [0.25, 0.3) is 0 Å². The molecule has 0 atom stereocenters. The number of hydrogen-bond donors (Lipinski definition) is 0. The number of carbonyl (C=O) groups excluding carboxylic acids is 2. The van der Waals surface area contributed by atoms with Gasteiger partial charge in [0.1, 0.15) is 0 Å². The average Bonchev–Trinajstić information content (AvgIpc) is 2.26. The van der Waals surface area contributed by atoms with E-state index in [1.807, 2.05) is 6.07 Å². The molecule has 4 heteroatoms. The maximum Gasteiger partial charge on any atom is 0.232 e. The molecule has 14 heavy (non-hydrogen) atoms. The fourth-order valence-electron chi connectivity index (χ4n) is 0.882. The van der Waals surface area contributed by atoms with Gasteiger partial charge in [0, 0.05) is 5.56 Å². The zero-order valence-electron chi connectivity index (χ0n) is 7.18. The van der Waals surface area contributed by atoms with Crippen molar-refractivity contribution < 1.29 is 9.59 Å². The molecule has 4 nitrogen and oxygen atoms in total. The van der Waals surface area contributed by atoms with Crippen LogP contribution in [0.1, 0.15) is 15.9 Å². The van der Waals surface area contributed by atoms with Gasteiger partial charge in [-0.05, 0) is 24.3 Å². The van der Waals surface area contributed by atoms with E-state index in [1.165, 1.54) is 24.3 Å². The summed E-state index contributed by atoms with van der Waals surface area (Å²) in [5.74, 6) is -0.360. The van der Waals surface area contributed by atoms with Gasteiger partial charge in [0.25, 0.3) is 0 Å². The van der Waals surface area contributed by atoms with E-state index in [1.54, 1.807) is 0 Å². The van der Waals surface area contributed by atoms with Crippen molar-refractivity contribution in [3.63, 3.8) is 0 Å². The number of nitrogens with zero attached hydrogens (tertiary/aromatic N) is 2. The number of hydrogen-bond acceptors (Lipinski definition) is 3. The molecule has 0 spiro atoms. The van der Waals surface area contributed by atoms with Crippen LogP contribution in [-0.4, -0.2) is 18.4 Å². The Kier molecular flexibility index (Phi) is 3.27. The van der Waals surface area contributed by atoms with Gasteiger partial charge in [-0.1, -0.05) is 0 Å². The van der Waals surface area contributed by atoms with Gasteiger partial charge in [-0.2, -0.15) is 5.26 Å². The summed E-state index contributed by atoms with van der Waals surface area (Å²) in [6.07, 6.45) is 1.23. The van der Waals surface area contributed by atoms with Crippen LogP contribution in [0.5, 0.6) is 0 Å². The van der Waals surface area contributed by atoms with E-state index in [0.29, 0.717) is 17.5 Å².